The van der Waals surface area contributed by atoms with Gasteiger partial charge in [0.05, 0.1) is 9.82 Å². The second kappa shape index (κ2) is 8.35. The van der Waals surface area contributed by atoms with Crippen molar-refractivity contribution in [2.45, 2.75) is 9.79 Å². The minimum Gasteiger partial charge on any atom is -0.357 e. The number of hydrogen-bond donors (Lipinski definition) is 3. The summed E-state index contributed by atoms with van der Waals surface area (Å²) in [6, 6.07) is 12.6. The predicted octanol–water partition coefficient (Wildman–Crippen LogP) is 3.29. The van der Waals surface area contributed by atoms with Crippen molar-refractivity contribution >= 4 is 29.3 Å². The number of halogens is 1. The molecule has 0 aliphatic rings. The molecule has 0 unspecified atom stereocenters. The molecule has 8 nitrogen and oxygen atoms in total. The number of nitro groups is 1. The van der Waals surface area contributed by atoms with Gasteiger partial charge in [-0.15, -0.1) is 0 Å². The zero-order valence-electron chi connectivity index (χ0n) is 14.1. The number of hydrazine groups is 1. The Morgan fingerprint density at radius 2 is 1.75 bits per heavy atom. The van der Waals surface area contributed by atoms with Gasteiger partial charge in [0.25, 0.3) is 17.5 Å². The molecule has 1 aromatic heterocycles. The number of hydrogen-bond acceptors (Lipinski definition) is 5. The summed E-state index contributed by atoms with van der Waals surface area (Å²) in [5.41, 5.74) is 4.38. The summed E-state index contributed by atoms with van der Waals surface area (Å²) in [6.07, 6.45) is 1.55. The molecule has 2 aromatic carbocycles. The summed E-state index contributed by atoms with van der Waals surface area (Å²) in [5, 5.41) is 11.4. The molecule has 0 atom stereocenters. The maximum absolute atomic E-state index is 13.0. The van der Waals surface area contributed by atoms with E-state index in [9.17, 15) is 24.1 Å². The first kappa shape index (κ1) is 19.1. The van der Waals surface area contributed by atoms with Crippen LogP contribution in [0.25, 0.3) is 0 Å². The highest BCUT2D eigenvalue weighted by Gasteiger charge is 2.19. The molecule has 0 spiro atoms. The summed E-state index contributed by atoms with van der Waals surface area (Å²) in [7, 11) is 0. The van der Waals surface area contributed by atoms with Gasteiger partial charge in [-0.1, -0.05) is 11.8 Å². The van der Waals surface area contributed by atoms with Crippen molar-refractivity contribution in [2.75, 3.05) is 0 Å². The van der Waals surface area contributed by atoms with Crippen LogP contribution in [0.1, 0.15) is 20.8 Å². The number of aromatic nitrogens is 1. The van der Waals surface area contributed by atoms with Crippen LogP contribution in [0, 0.1) is 15.9 Å². The molecule has 0 bridgehead atoms. The van der Waals surface area contributed by atoms with Gasteiger partial charge in [0.2, 0.25) is 0 Å². The fourth-order valence-electron chi connectivity index (χ4n) is 2.24. The summed E-state index contributed by atoms with van der Waals surface area (Å²) < 4.78 is 13.0. The van der Waals surface area contributed by atoms with E-state index in [4.69, 9.17) is 0 Å². The number of rotatable bonds is 5. The van der Waals surface area contributed by atoms with Gasteiger partial charge in [0.1, 0.15) is 11.5 Å². The molecule has 3 aromatic rings. The van der Waals surface area contributed by atoms with Crippen LogP contribution >= 0.6 is 11.8 Å². The number of amides is 2. The van der Waals surface area contributed by atoms with Crippen molar-refractivity contribution < 1.29 is 18.9 Å². The normalized spacial score (nSPS) is 10.3. The van der Waals surface area contributed by atoms with Gasteiger partial charge >= 0.3 is 0 Å². The number of carbonyl (C=O) groups excluding carboxylic acids is 2. The third-order valence-electron chi connectivity index (χ3n) is 3.59. The van der Waals surface area contributed by atoms with E-state index in [1.54, 1.807) is 12.3 Å². The molecular formula is C18H13FN4O4S. The van der Waals surface area contributed by atoms with E-state index >= 15 is 0 Å². The lowest BCUT2D eigenvalue weighted by Crippen LogP contribution is -2.41. The molecule has 0 radical (unpaired) electrons. The lowest BCUT2D eigenvalue weighted by atomic mass is 10.2. The SMILES string of the molecule is O=C(NNC(=O)c1ccc[nH]1)c1ccc(Sc2ccc(F)cc2)c([N+](=O)[O-])c1. The molecule has 3 rings (SSSR count). The highest BCUT2D eigenvalue weighted by atomic mass is 32.2. The minimum absolute atomic E-state index is 0.00180. The molecule has 0 saturated heterocycles. The first-order valence-corrected chi connectivity index (χ1v) is 8.71. The standard InChI is InChI=1S/C18H13FN4O4S/c19-12-4-6-13(7-5-12)28-16-8-3-11(10-15(16)23(26)27)17(24)21-22-18(25)14-2-1-9-20-14/h1-10,20H,(H,21,24)(H,22,25). The summed E-state index contributed by atoms with van der Waals surface area (Å²) in [4.78, 5) is 38.4. The van der Waals surface area contributed by atoms with Crippen molar-refractivity contribution in [3.63, 3.8) is 0 Å². The van der Waals surface area contributed by atoms with E-state index in [-0.39, 0.29) is 16.9 Å². The second-order valence-electron chi connectivity index (χ2n) is 5.49. The number of nitrogens with zero attached hydrogens (tertiary/aromatic N) is 1. The maximum atomic E-state index is 13.0. The molecule has 10 heteroatoms. The van der Waals surface area contributed by atoms with Crippen molar-refractivity contribution in [1.29, 1.82) is 0 Å². The molecule has 0 fully saturated rings. The third kappa shape index (κ3) is 4.54. The number of H-pyrrole nitrogens is 1. The van der Waals surface area contributed by atoms with Crippen LogP contribution in [0.4, 0.5) is 10.1 Å². The van der Waals surface area contributed by atoms with Crippen molar-refractivity contribution in [3.05, 3.63) is 88.0 Å². The molecular weight excluding hydrogens is 387 g/mol. The van der Waals surface area contributed by atoms with Gasteiger partial charge in [-0.05, 0) is 48.5 Å². The monoisotopic (exact) mass is 400 g/mol. The molecule has 3 N–H and O–H groups in total. The van der Waals surface area contributed by atoms with Gasteiger partial charge in [0, 0.05) is 22.7 Å². The lowest BCUT2D eigenvalue weighted by Gasteiger charge is -2.08. The average molecular weight is 400 g/mol. The molecule has 2 amide bonds. The highest BCUT2D eigenvalue weighted by Crippen LogP contribution is 2.35. The number of nitrogens with one attached hydrogen (secondary N) is 3. The van der Waals surface area contributed by atoms with Crippen LogP contribution in [0.2, 0.25) is 0 Å². The lowest BCUT2D eigenvalue weighted by molar-refractivity contribution is -0.387. The van der Waals surface area contributed by atoms with E-state index in [2.05, 4.69) is 15.8 Å². The first-order valence-electron chi connectivity index (χ1n) is 7.90. The Morgan fingerprint density at radius 3 is 2.39 bits per heavy atom. The van der Waals surface area contributed by atoms with Crippen LogP contribution in [0.5, 0.6) is 0 Å². The number of aromatic amines is 1. The number of nitro benzene ring substituents is 1. The number of benzene rings is 2. The average Bonchev–Trinajstić information content (AvgIpc) is 3.22. The Bertz CT molecular complexity index is 1020. The second-order valence-corrected chi connectivity index (χ2v) is 6.60. The van der Waals surface area contributed by atoms with Crippen LogP contribution in [-0.4, -0.2) is 21.7 Å². The summed E-state index contributed by atoms with van der Waals surface area (Å²) in [5.74, 6) is -1.68. The van der Waals surface area contributed by atoms with Gasteiger partial charge < -0.3 is 4.98 Å². The zero-order chi connectivity index (χ0) is 20.1. The largest absolute Gasteiger partial charge is 0.357 e. The topological polar surface area (TPSA) is 117 Å². The minimum atomic E-state index is -0.707. The molecule has 0 aliphatic carbocycles. The highest BCUT2D eigenvalue weighted by molar-refractivity contribution is 7.99. The van der Waals surface area contributed by atoms with Crippen molar-refractivity contribution in [2.24, 2.45) is 0 Å². The molecule has 1 heterocycles. The van der Waals surface area contributed by atoms with E-state index in [0.717, 1.165) is 17.8 Å². The fourth-order valence-corrected chi connectivity index (χ4v) is 3.14. The molecule has 28 heavy (non-hydrogen) atoms. The smallest absolute Gasteiger partial charge is 0.286 e. The van der Waals surface area contributed by atoms with Crippen LogP contribution in [0.3, 0.4) is 0 Å². The Morgan fingerprint density at radius 1 is 1.04 bits per heavy atom. The van der Waals surface area contributed by atoms with Gasteiger partial charge in [0.15, 0.2) is 0 Å². The van der Waals surface area contributed by atoms with Crippen LogP contribution in [-0.2, 0) is 0 Å². The number of carbonyl (C=O) groups is 2. The van der Waals surface area contributed by atoms with Gasteiger partial charge in [-0.2, -0.15) is 0 Å². The van der Waals surface area contributed by atoms with E-state index in [1.165, 1.54) is 42.5 Å². The Kier molecular flexibility index (Phi) is 5.70. The Labute approximate surface area is 162 Å². The zero-order valence-corrected chi connectivity index (χ0v) is 15.0. The summed E-state index contributed by atoms with van der Waals surface area (Å²) >= 11 is 1.07. The Hall–Kier alpha value is -3.66. The Balaban J connectivity index is 1.74. The molecule has 142 valence electrons. The first-order chi connectivity index (χ1) is 13.4. The summed E-state index contributed by atoms with van der Waals surface area (Å²) in [6.45, 7) is 0. The van der Waals surface area contributed by atoms with E-state index in [1.807, 2.05) is 0 Å². The maximum Gasteiger partial charge on any atom is 0.286 e. The van der Waals surface area contributed by atoms with Gasteiger partial charge in [-0.3, -0.25) is 30.6 Å². The van der Waals surface area contributed by atoms with Crippen molar-refractivity contribution in [1.82, 2.24) is 15.8 Å². The quantitative estimate of drug-likeness (QED) is 0.449. The van der Waals surface area contributed by atoms with Gasteiger partial charge in [-0.25, -0.2) is 4.39 Å². The third-order valence-corrected chi connectivity index (χ3v) is 4.66. The van der Waals surface area contributed by atoms with E-state index in [0.29, 0.717) is 9.79 Å². The van der Waals surface area contributed by atoms with E-state index < -0.39 is 22.6 Å². The van der Waals surface area contributed by atoms with Crippen molar-refractivity contribution in [3.8, 4) is 0 Å². The predicted molar refractivity (Wildman–Crippen MR) is 99.3 cm³/mol. The molecule has 0 saturated carbocycles. The fraction of sp³-hybridized carbons (Fsp3) is 0. The van der Waals surface area contributed by atoms with Crippen LogP contribution < -0.4 is 10.9 Å². The van der Waals surface area contributed by atoms with Crippen LogP contribution in [0.15, 0.2) is 70.6 Å². The molecule has 0 aliphatic heterocycles.